The van der Waals surface area contributed by atoms with E-state index < -0.39 is 11.9 Å². The van der Waals surface area contributed by atoms with Gasteiger partial charge in [0.2, 0.25) is 0 Å². The lowest BCUT2D eigenvalue weighted by Gasteiger charge is -2.08. The first-order valence-corrected chi connectivity index (χ1v) is 5.67. The van der Waals surface area contributed by atoms with E-state index in [9.17, 15) is 9.59 Å². The molecule has 7 heteroatoms. The maximum absolute atomic E-state index is 11.9. The summed E-state index contributed by atoms with van der Waals surface area (Å²) < 4.78 is 9.74. The van der Waals surface area contributed by atoms with Crippen molar-refractivity contribution in [1.29, 1.82) is 0 Å². The summed E-state index contributed by atoms with van der Waals surface area (Å²) in [4.78, 5) is 23.1. The topological polar surface area (TPSA) is 102 Å². The molecule has 0 aliphatic rings. The summed E-state index contributed by atoms with van der Waals surface area (Å²) in [5.41, 5.74) is 0.163. The largest absolute Gasteiger partial charge is 0.497 e. The Morgan fingerprint density at radius 2 is 2.10 bits per heavy atom. The predicted molar refractivity (Wildman–Crippen MR) is 69.1 cm³/mol. The van der Waals surface area contributed by atoms with Crippen LogP contribution in [0.25, 0.3) is 0 Å². The number of amides is 1. The Balaban J connectivity index is 2.29. The number of carboxylic acid groups (broad SMARTS) is 1. The van der Waals surface area contributed by atoms with Crippen LogP contribution >= 0.6 is 0 Å². The van der Waals surface area contributed by atoms with E-state index in [1.807, 2.05) is 0 Å². The number of benzene rings is 1. The molecule has 1 aromatic carbocycles. The first-order chi connectivity index (χ1) is 9.51. The number of carbonyl (C=O) groups excluding carboxylic acids is 1. The van der Waals surface area contributed by atoms with Crippen LogP contribution in [0.3, 0.4) is 0 Å². The number of hydrogen-bond donors (Lipinski definition) is 2. The Kier molecular flexibility index (Phi) is 3.69. The van der Waals surface area contributed by atoms with Gasteiger partial charge in [0.15, 0.2) is 5.69 Å². The lowest BCUT2D eigenvalue weighted by atomic mass is 10.1. The standard InChI is InChI=1S/C13H12N2O5/c1-7-5-11(15-20-7)12(16)14-10-4-3-8(19-2)6-9(10)13(17)18/h3-6H,1-2H3,(H,14,16)(H,17,18). The first-order valence-electron chi connectivity index (χ1n) is 5.67. The van der Waals surface area contributed by atoms with Crippen LogP contribution in [-0.4, -0.2) is 29.2 Å². The van der Waals surface area contributed by atoms with Crippen molar-refractivity contribution in [3.05, 3.63) is 41.3 Å². The van der Waals surface area contributed by atoms with Crippen LogP contribution in [0, 0.1) is 6.92 Å². The first kappa shape index (κ1) is 13.6. The minimum absolute atomic E-state index is 0.0714. The van der Waals surface area contributed by atoms with Gasteiger partial charge in [0, 0.05) is 6.07 Å². The molecule has 0 atom stereocenters. The summed E-state index contributed by atoms with van der Waals surface area (Å²) in [5.74, 6) is -0.842. The fraction of sp³-hybridized carbons (Fsp3) is 0.154. The molecule has 7 nitrogen and oxygen atoms in total. The molecule has 0 saturated carbocycles. The van der Waals surface area contributed by atoms with Gasteiger partial charge in [-0.3, -0.25) is 4.79 Å². The minimum Gasteiger partial charge on any atom is -0.497 e. The monoisotopic (exact) mass is 276 g/mol. The van der Waals surface area contributed by atoms with Gasteiger partial charge in [-0.1, -0.05) is 5.16 Å². The number of nitrogens with zero attached hydrogens (tertiary/aromatic N) is 1. The highest BCUT2D eigenvalue weighted by Crippen LogP contribution is 2.22. The number of carboxylic acids is 1. The Hall–Kier alpha value is -2.83. The Labute approximate surface area is 114 Å². The van der Waals surface area contributed by atoms with Crippen molar-refractivity contribution in [2.75, 3.05) is 12.4 Å². The lowest BCUT2D eigenvalue weighted by Crippen LogP contribution is -2.15. The van der Waals surface area contributed by atoms with Crippen LogP contribution in [0.2, 0.25) is 0 Å². The van der Waals surface area contributed by atoms with Crippen molar-refractivity contribution in [3.63, 3.8) is 0 Å². The second kappa shape index (κ2) is 5.43. The summed E-state index contributed by atoms with van der Waals surface area (Å²) in [6.07, 6.45) is 0. The molecule has 20 heavy (non-hydrogen) atoms. The molecule has 0 spiro atoms. The van der Waals surface area contributed by atoms with Gasteiger partial charge in [0.25, 0.3) is 5.91 Å². The minimum atomic E-state index is -1.17. The van der Waals surface area contributed by atoms with Gasteiger partial charge in [-0.2, -0.15) is 0 Å². The SMILES string of the molecule is COc1ccc(NC(=O)c2cc(C)on2)c(C(=O)O)c1. The van der Waals surface area contributed by atoms with Gasteiger partial charge in [0.1, 0.15) is 11.5 Å². The van der Waals surface area contributed by atoms with Gasteiger partial charge < -0.3 is 19.7 Å². The van der Waals surface area contributed by atoms with Crippen molar-refractivity contribution in [2.24, 2.45) is 0 Å². The molecule has 104 valence electrons. The average Bonchev–Trinajstić information content (AvgIpc) is 2.85. The van der Waals surface area contributed by atoms with Crippen LogP contribution < -0.4 is 10.1 Å². The number of nitrogens with one attached hydrogen (secondary N) is 1. The van der Waals surface area contributed by atoms with E-state index >= 15 is 0 Å². The van der Waals surface area contributed by atoms with Crippen LogP contribution in [0.4, 0.5) is 5.69 Å². The molecular weight excluding hydrogens is 264 g/mol. The van der Waals surface area contributed by atoms with Crippen molar-refractivity contribution in [1.82, 2.24) is 5.16 Å². The molecule has 0 saturated heterocycles. The van der Waals surface area contributed by atoms with Crippen LogP contribution in [0.1, 0.15) is 26.6 Å². The molecule has 0 fully saturated rings. The number of hydrogen-bond acceptors (Lipinski definition) is 5. The third kappa shape index (κ3) is 2.77. The fourth-order valence-corrected chi connectivity index (χ4v) is 1.60. The summed E-state index contributed by atoms with van der Waals surface area (Å²) in [7, 11) is 1.43. The van der Waals surface area contributed by atoms with E-state index in [1.165, 1.54) is 25.3 Å². The lowest BCUT2D eigenvalue weighted by molar-refractivity contribution is 0.0697. The van der Waals surface area contributed by atoms with E-state index in [4.69, 9.17) is 14.4 Å². The summed E-state index contributed by atoms with van der Waals surface area (Å²) in [6, 6.07) is 5.79. The number of aromatic nitrogens is 1. The molecule has 1 aromatic heterocycles. The zero-order valence-corrected chi connectivity index (χ0v) is 10.8. The third-order valence-electron chi connectivity index (χ3n) is 2.57. The number of carbonyl (C=O) groups is 2. The summed E-state index contributed by atoms with van der Waals surface area (Å²) in [6.45, 7) is 1.65. The molecule has 2 N–H and O–H groups in total. The van der Waals surface area contributed by atoms with E-state index in [1.54, 1.807) is 13.0 Å². The number of ether oxygens (including phenoxy) is 1. The molecule has 0 unspecified atom stereocenters. The number of methoxy groups -OCH3 is 1. The van der Waals surface area contributed by atoms with Gasteiger partial charge >= 0.3 is 5.97 Å². The molecule has 2 rings (SSSR count). The maximum Gasteiger partial charge on any atom is 0.337 e. The third-order valence-corrected chi connectivity index (χ3v) is 2.57. The molecule has 1 heterocycles. The summed E-state index contributed by atoms with van der Waals surface area (Å²) in [5, 5.41) is 15.2. The predicted octanol–water partition coefficient (Wildman–Crippen LogP) is 1.94. The van der Waals surface area contributed by atoms with E-state index in [0.717, 1.165) is 0 Å². The number of aromatic carboxylic acids is 1. The molecule has 0 bridgehead atoms. The zero-order chi connectivity index (χ0) is 14.7. The molecule has 0 aliphatic heterocycles. The highest BCUT2D eigenvalue weighted by atomic mass is 16.5. The van der Waals surface area contributed by atoms with Crippen molar-refractivity contribution < 1.29 is 24.0 Å². The highest BCUT2D eigenvalue weighted by molar-refractivity contribution is 6.06. The normalized spacial score (nSPS) is 10.1. The quantitative estimate of drug-likeness (QED) is 0.884. The van der Waals surface area contributed by atoms with Gasteiger partial charge in [-0.15, -0.1) is 0 Å². The Morgan fingerprint density at radius 3 is 2.65 bits per heavy atom. The van der Waals surface area contributed by atoms with Crippen LogP contribution in [0.15, 0.2) is 28.8 Å². The van der Waals surface area contributed by atoms with Gasteiger partial charge in [-0.05, 0) is 25.1 Å². The van der Waals surface area contributed by atoms with Gasteiger partial charge in [-0.25, -0.2) is 4.79 Å². The molecule has 0 radical (unpaired) electrons. The zero-order valence-electron chi connectivity index (χ0n) is 10.8. The van der Waals surface area contributed by atoms with Gasteiger partial charge in [0.05, 0.1) is 18.4 Å². The maximum atomic E-state index is 11.9. The number of anilines is 1. The molecular formula is C13H12N2O5. The average molecular weight is 276 g/mol. The van der Waals surface area contributed by atoms with E-state index in [2.05, 4.69) is 10.5 Å². The smallest absolute Gasteiger partial charge is 0.337 e. The van der Waals surface area contributed by atoms with E-state index in [-0.39, 0.29) is 16.9 Å². The van der Waals surface area contributed by atoms with Crippen molar-refractivity contribution in [2.45, 2.75) is 6.92 Å². The second-order valence-electron chi connectivity index (χ2n) is 3.99. The fourth-order valence-electron chi connectivity index (χ4n) is 1.60. The second-order valence-corrected chi connectivity index (χ2v) is 3.99. The molecule has 0 aliphatic carbocycles. The summed E-state index contributed by atoms with van der Waals surface area (Å²) >= 11 is 0. The van der Waals surface area contributed by atoms with Crippen molar-refractivity contribution in [3.8, 4) is 5.75 Å². The van der Waals surface area contributed by atoms with Crippen molar-refractivity contribution >= 4 is 17.6 Å². The Bertz CT molecular complexity index is 663. The van der Waals surface area contributed by atoms with Crippen LogP contribution in [-0.2, 0) is 0 Å². The molecule has 1 amide bonds. The number of aryl methyl sites for hydroxylation is 1. The molecule has 2 aromatic rings. The van der Waals surface area contributed by atoms with E-state index in [0.29, 0.717) is 11.5 Å². The Morgan fingerprint density at radius 1 is 1.35 bits per heavy atom. The number of rotatable bonds is 4. The van der Waals surface area contributed by atoms with Crippen LogP contribution in [0.5, 0.6) is 5.75 Å². The highest BCUT2D eigenvalue weighted by Gasteiger charge is 2.16.